The van der Waals surface area contributed by atoms with E-state index in [1.165, 1.54) is 24.0 Å². The second-order valence-electron chi connectivity index (χ2n) is 6.00. The van der Waals surface area contributed by atoms with Gasteiger partial charge in [0, 0.05) is 0 Å². The maximum absolute atomic E-state index is 9.58. The van der Waals surface area contributed by atoms with E-state index >= 15 is 0 Å². The van der Waals surface area contributed by atoms with Crippen LogP contribution in [0.5, 0.6) is 5.75 Å². The summed E-state index contributed by atoms with van der Waals surface area (Å²) in [5.41, 5.74) is 3.02. The van der Waals surface area contributed by atoms with Gasteiger partial charge in [-0.2, -0.15) is 0 Å². The van der Waals surface area contributed by atoms with Crippen molar-refractivity contribution in [2.24, 2.45) is 5.41 Å². The zero-order valence-corrected chi connectivity index (χ0v) is 11.3. The lowest BCUT2D eigenvalue weighted by Crippen LogP contribution is -2.37. The summed E-state index contributed by atoms with van der Waals surface area (Å²) >= 11 is 0. The van der Waals surface area contributed by atoms with E-state index in [2.05, 4.69) is 43.3 Å². The van der Waals surface area contributed by atoms with Gasteiger partial charge in [-0.25, -0.2) is 0 Å². The van der Waals surface area contributed by atoms with E-state index in [1.54, 1.807) is 6.07 Å². The third kappa shape index (κ3) is 2.37. The molecule has 2 atom stereocenters. The van der Waals surface area contributed by atoms with Crippen LogP contribution in [0.25, 0.3) is 0 Å². The Balaban J connectivity index is 1.80. The zero-order valence-electron chi connectivity index (χ0n) is 11.3. The summed E-state index contributed by atoms with van der Waals surface area (Å²) < 4.78 is 0. The fourth-order valence-corrected chi connectivity index (χ4v) is 3.38. The molecule has 0 bridgehead atoms. The third-order valence-electron chi connectivity index (χ3n) is 4.57. The second-order valence-corrected chi connectivity index (χ2v) is 6.00. The molecule has 0 aromatic heterocycles. The summed E-state index contributed by atoms with van der Waals surface area (Å²) in [5, 5.41) is 9.58. The molecule has 1 aliphatic carbocycles. The molecule has 0 amide bonds. The minimum absolute atomic E-state index is 0.329. The van der Waals surface area contributed by atoms with Gasteiger partial charge < -0.3 is 5.11 Å². The molecule has 0 heterocycles. The van der Waals surface area contributed by atoms with Crippen LogP contribution in [0, 0.1) is 5.41 Å². The smallest absolute Gasteiger partial charge is 0.115 e. The quantitative estimate of drug-likeness (QED) is 0.851. The highest BCUT2D eigenvalue weighted by atomic mass is 16.3. The Labute approximate surface area is 114 Å². The topological polar surface area (TPSA) is 20.2 Å². The van der Waals surface area contributed by atoms with E-state index < -0.39 is 0 Å². The van der Waals surface area contributed by atoms with Gasteiger partial charge >= 0.3 is 0 Å². The average molecular weight is 252 g/mol. The summed E-state index contributed by atoms with van der Waals surface area (Å²) in [4.78, 5) is 0. The minimum atomic E-state index is 0.329. The van der Waals surface area contributed by atoms with Crippen LogP contribution in [-0.2, 0) is 6.42 Å². The number of benzene rings is 2. The first-order chi connectivity index (χ1) is 9.17. The summed E-state index contributed by atoms with van der Waals surface area (Å²) in [6.07, 6.45) is 3.59. The Hall–Kier alpha value is -1.76. The number of hydrogen-bond donors (Lipinski definition) is 1. The van der Waals surface area contributed by atoms with Gasteiger partial charge in [0.25, 0.3) is 0 Å². The van der Waals surface area contributed by atoms with E-state index in [0.717, 1.165) is 6.42 Å². The van der Waals surface area contributed by atoms with Gasteiger partial charge in [0.1, 0.15) is 5.75 Å². The van der Waals surface area contributed by atoms with Gasteiger partial charge in [-0.3, -0.25) is 0 Å². The Kier molecular flexibility index (Phi) is 3.06. The molecule has 0 radical (unpaired) electrons. The summed E-state index contributed by atoms with van der Waals surface area (Å²) in [7, 11) is 0. The van der Waals surface area contributed by atoms with Crippen molar-refractivity contribution in [1.82, 2.24) is 0 Å². The number of phenols is 1. The van der Waals surface area contributed by atoms with Crippen LogP contribution >= 0.6 is 0 Å². The van der Waals surface area contributed by atoms with E-state index in [-0.39, 0.29) is 0 Å². The number of phenolic OH excluding ortho intramolecular Hbond substituents is 1. The third-order valence-corrected chi connectivity index (χ3v) is 4.57. The molecule has 19 heavy (non-hydrogen) atoms. The second kappa shape index (κ2) is 4.73. The molecule has 1 fully saturated rings. The van der Waals surface area contributed by atoms with Crippen molar-refractivity contribution < 1.29 is 5.11 Å². The highest BCUT2D eigenvalue weighted by Gasteiger charge is 2.43. The van der Waals surface area contributed by atoms with E-state index in [1.807, 2.05) is 12.1 Å². The molecule has 1 nitrogen and oxygen atoms in total. The molecule has 2 aromatic rings. The standard InChI is InChI=1S/C18H20O/c1-18(13-14-6-5-9-16(19)12-14)11-10-17(18)15-7-3-2-4-8-15/h2-9,12,17,19H,10-11,13H2,1H3. The van der Waals surface area contributed by atoms with Crippen LogP contribution in [0.4, 0.5) is 0 Å². The van der Waals surface area contributed by atoms with Gasteiger partial charge in [-0.15, -0.1) is 0 Å². The van der Waals surface area contributed by atoms with Crippen LogP contribution < -0.4 is 0 Å². The highest BCUT2D eigenvalue weighted by molar-refractivity contribution is 5.31. The van der Waals surface area contributed by atoms with Crippen molar-refractivity contribution in [2.75, 3.05) is 0 Å². The van der Waals surface area contributed by atoms with Crippen LogP contribution in [0.3, 0.4) is 0 Å². The Morgan fingerprint density at radius 2 is 1.89 bits per heavy atom. The zero-order chi connectivity index (χ0) is 13.3. The van der Waals surface area contributed by atoms with Crippen molar-refractivity contribution in [3.63, 3.8) is 0 Å². The molecule has 0 spiro atoms. The molecule has 1 N–H and O–H groups in total. The summed E-state index contributed by atoms with van der Waals surface area (Å²) in [5.74, 6) is 1.02. The van der Waals surface area contributed by atoms with Crippen molar-refractivity contribution in [3.8, 4) is 5.75 Å². The lowest BCUT2D eigenvalue weighted by atomic mass is 9.56. The first kappa shape index (κ1) is 12.3. The van der Waals surface area contributed by atoms with Crippen molar-refractivity contribution in [1.29, 1.82) is 0 Å². The first-order valence-electron chi connectivity index (χ1n) is 7.00. The molecule has 1 heteroatoms. The van der Waals surface area contributed by atoms with Gasteiger partial charge in [0.05, 0.1) is 0 Å². The Bertz CT molecular complexity index is 561. The molecule has 98 valence electrons. The Morgan fingerprint density at radius 3 is 2.53 bits per heavy atom. The molecular formula is C18H20O. The maximum atomic E-state index is 9.58. The van der Waals surface area contributed by atoms with Crippen LogP contribution in [-0.4, -0.2) is 5.11 Å². The van der Waals surface area contributed by atoms with E-state index in [0.29, 0.717) is 17.1 Å². The van der Waals surface area contributed by atoms with Crippen LogP contribution in [0.2, 0.25) is 0 Å². The average Bonchev–Trinajstić information content (AvgIpc) is 2.39. The Morgan fingerprint density at radius 1 is 1.11 bits per heavy atom. The van der Waals surface area contributed by atoms with Crippen molar-refractivity contribution >= 4 is 0 Å². The van der Waals surface area contributed by atoms with Gasteiger partial charge in [0.15, 0.2) is 0 Å². The fraction of sp³-hybridized carbons (Fsp3) is 0.333. The van der Waals surface area contributed by atoms with Crippen molar-refractivity contribution in [3.05, 3.63) is 65.7 Å². The van der Waals surface area contributed by atoms with Crippen LogP contribution in [0.1, 0.15) is 36.8 Å². The first-order valence-corrected chi connectivity index (χ1v) is 7.00. The summed E-state index contributed by atoms with van der Waals surface area (Å²) in [6, 6.07) is 18.5. The molecule has 0 saturated heterocycles. The molecule has 0 aliphatic heterocycles. The largest absolute Gasteiger partial charge is 0.508 e. The maximum Gasteiger partial charge on any atom is 0.115 e. The van der Waals surface area contributed by atoms with E-state index in [4.69, 9.17) is 0 Å². The monoisotopic (exact) mass is 252 g/mol. The minimum Gasteiger partial charge on any atom is -0.508 e. The number of rotatable bonds is 3. The molecule has 1 saturated carbocycles. The van der Waals surface area contributed by atoms with E-state index in [9.17, 15) is 5.11 Å². The summed E-state index contributed by atoms with van der Waals surface area (Å²) in [6.45, 7) is 2.37. The van der Waals surface area contributed by atoms with Gasteiger partial charge in [-0.1, -0.05) is 49.4 Å². The van der Waals surface area contributed by atoms with Gasteiger partial charge in [-0.05, 0) is 53.9 Å². The molecular weight excluding hydrogens is 232 g/mol. The molecule has 2 aromatic carbocycles. The normalized spacial score (nSPS) is 25.8. The predicted molar refractivity (Wildman–Crippen MR) is 78.3 cm³/mol. The molecule has 3 rings (SSSR count). The predicted octanol–water partition coefficient (Wildman–Crippen LogP) is 4.52. The lowest BCUT2D eigenvalue weighted by Gasteiger charge is -2.48. The van der Waals surface area contributed by atoms with Crippen molar-refractivity contribution in [2.45, 2.75) is 32.1 Å². The lowest BCUT2D eigenvalue weighted by molar-refractivity contribution is 0.114. The number of hydrogen-bond acceptors (Lipinski definition) is 1. The fourth-order valence-electron chi connectivity index (χ4n) is 3.38. The van der Waals surface area contributed by atoms with Gasteiger partial charge in [0.2, 0.25) is 0 Å². The highest BCUT2D eigenvalue weighted by Crippen LogP contribution is 2.54. The molecule has 1 aliphatic rings. The molecule has 2 unspecified atom stereocenters. The number of aromatic hydroxyl groups is 1. The van der Waals surface area contributed by atoms with Crippen LogP contribution in [0.15, 0.2) is 54.6 Å². The SMILES string of the molecule is CC1(Cc2cccc(O)c2)CCC1c1ccccc1.